The van der Waals surface area contributed by atoms with Gasteiger partial charge in [0.1, 0.15) is 0 Å². The number of nitrogens with one attached hydrogen (secondary N) is 1. The number of hydrogen-bond donors (Lipinski definition) is 2. The van der Waals surface area contributed by atoms with Gasteiger partial charge in [0.2, 0.25) is 11.0 Å². The van der Waals surface area contributed by atoms with Crippen molar-refractivity contribution in [2.75, 3.05) is 11.1 Å². The predicted octanol–water partition coefficient (Wildman–Crippen LogP) is 2.26. The molecule has 108 valence electrons. The maximum absolute atomic E-state index is 12.2. The Labute approximate surface area is 124 Å². The topological polar surface area (TPSA) is 92.2 Å². The summed E-state index contributed by atoms with van der Waals surface area (Å²) in [5.41, 5.74) is 0. The molecule has 0 radical (unpaired) electrons. The van der Waals surface area contributed by atoms with Gasteiger partial charge >= 0.3 is 5.97 Å². The molecule has 2 atom stereocenters. The molecule has 2 rings (SSSR count). The van der Waals surface area contributed by atoms with Gasteiger partial charge in [-0.3, -0.25) is 9.59 Å². The SMILES string of the molecule is CCSc1nnc(NC(=O)[C@@H]2CC=CC[C@@H]2C(=O)O)s1. The Morgan fingerprint density at radius 3 is 2.75 bits per heavy atom. The highest BCUT2D eigenvalue weighted by Gasteiger charge is 2.34. The maximum Gasteiger partial charge on any atom is 0.307 e. The van der Waals surface area contributed by atoms with E-state index in [1.165, 1.54) is 11.3 Å². The lowest BCUT2D eigenvalue weighted by Crippen LogP contribution is -2.34. The normalized spacial score (nSPS) is 21.6. The molecule has 20 heavy (non-hydrogen) atoms. The van der Waals surface area contributed by atoms with Gasteiger partial charge in [0.05, 0.1) is 11.8 Å². The predicted molar refractivity (Wildman–Crippen MR) is 77.9 cm³/mol. The van der Waals surface area contributed by atoms with Crippen LogP contribution in [0, 0.1) is 11.8 Å². The van der Waals surface area contributed by atoms with E-state index in [1.807, 2.05) is 19.1 Å². The van der Waals surface area contributed by atoms with Gasteiger partial charge in [-0.2, -0.15) is 0 Å². The van der Waals surface area contributed by atoms with E-state index in [9.17, 15) is 9.59 Å². The standard InChI is InChI=1S/C12H15N3O3S2/c1-2-19-12-15-14-11(20-12)13-9(16)7-5-3-4-6-8(7)10(17)18/h3-4,7-8H,2,5-6H2,1H3,(H,17,18)(H,13,14,16)/t7-,8+/m1/s1. The van der Waals surface area contributed by atoms with Gasteiger partial charge in [0, 0.05) is 0 Å². The summed E-state index contributed by atoms with van der Waals surface area (Å²) in [7, 11) is 0. The first-order chi connectivity index (χ1) is 9.61. The minimum atomic E-state index is -0.936. The summed E-state index contributed by atoms with van der Waals surface area (Å²) >= 11 is 2.86. The number of carboxylic acid groups (broad SMARTS) is 1. The Kier molecular flexibility index (Phi) is 5.13. The third-order valence-electron chi connectivity index (χ3n) is 2.99. The summed E-state index contributed by atoms with van der Waals surface area (Å²) in [6.07, 6.45) is 4.49. The van der Waals surface area contributed by atoms with Crippen molar-refractivity contribution in [3.05, 3.63) is 12.2 Å². The molecule has 1 amide bonds. The summed E-state index contributed by atoms with van der Waals surface area (Å²) in [6, 6.07) is 0. The molecule has 0 aromatic carbocycles. The lowest BCUT2D eigenvalue weighted by atomic mass is 9.82. The van der Waals surface area contributed by atoms with E-state index < -0.39 is 17.8 Å². The molecule has 1 aromatic rings. The molecule has 0 unspecified atom stereocenters. The molecule has 1 aliphatic carbocycles. The number of carbonyl (C=O) groups excluding carboxylic acids is 1. The van der Waals surface area contributed by atoms with Crippen LogP contribution in [0.25, 0.3) is 0 Å². The number of allylic oxidation sites excluding steroid dienone is 2. The summed E-state index contributed by atoms with van der Waals surface area (Å²) in [5, 5.41) is 20.1. The van der Waals surface area contributed by atoms with Gasteiger partial charge in [-0.25, -0.2) is 0 Å². The third-order valence-corrected chi connectivity index (χ3v) is 4.84. The third kappa shape index (κ3) is 3.57. The number of aromatic nitrogens is 2. The second kappa shape index (κ2) is 6.85. The van der Waals surface area contributed by atoms with Crippen LogP contribution in [0.3, 0.4) is 0 Å². The fourth-order valence-electron chi connectivity index (χ4n) is 2.02. The van der Waals surface area contributed by atoms with Crippen LogP contribution in [0.5, 0.6) is 0 Å². The lowest BCUT2D eigenvalue weighted by molar-refractivity contribution is -0.146. The van der Waals surface area contributed by atoms with Crippen LogP contribution in [0.2, 0.25) is 0 Å². The molecule has 1 aromatic heterocycles. The lowest BCUT2D eigenvalue weighted by Gasteiger charge is -2.23. The van der Waals surface area contributed by atoms with Gasteiger partial charge in [-0.05, 0) is 18.6 Å². The van der Waals surface area contributed by atoms with E-state index in [0.29, 0.717) is 18.0 Å². The molecule has 0 fully saturated rings. The van der Waals surface area contributed by atoms with Crippen molar-refractivity contribution >= 4 is 40.1 Å². The fraction of sp³-hybridized carbons (Fsp3) is 0.500. The van der Waals surface area contributed by atoms with Gasteiger partial charge < -0.3 is 10.4 Å². The molecule has 0 saturated heterocycles. The van der Waals surface area contributed by atoms with E-state index >= 15 is 0 Å². The molecule has 1 aliphatic rings. The number of aliphatic carboxylic acids is 1. The Morgan fingerprint density at radius 1 is 1.40 bits per heavy atom. The van der Waals surface area contributed by atoms with Crippen LogP contribution in [-0.2, 0) is 9.59 Å². The van der Waals surface area contributed by atoms with Crippen molar-refractivity contribution in [1.82, 2.24) is 10.2 Å². The van der Waals surface area contributed by atoms with Crippen molar-refractivity contribution in [2.24, 2.45) is 11.8 Å². The number of rotatable bonds is 5. The average Bonchev–Trinajstić information content (AvgIpc) is 2.86. The molecule has 2 N–H and O–H groups in total. The zero-order chi connectivity index (χ0) is 14.5. The van der Waals surface area contributed by atoms with E-state index in [4.69, 9.17) is 5.11 Å². The average molecular weight is 313 g/mol. The largest absolute Gasteiger partial charge is 0.481 e. The van der Waals surface area contributed by atoms with Crippen LogP contribution in [-0.4, -0.2) is 32.9 Å². The zero-order valence-corrected chi connectivity index (χ0v) is 12.5. The van der Waals surface area contributed by atoms with Gasteiger partial charge in [0.25, 0.3) is 0 Å². The van der Waals surface area contributed by atoms with Crippen LogP contribution in [0.15, 0.2) is 16.5 Å². The van der Waals surface area contributed by atoms with Crippen LogP contribution in [0.4, 0.5) is 5.13 Å². The Bertz CT molecular complexity index is 530. The first kappa shape index (κ1) is 15.0. The molecular weight excluding hydrogens is 298 g/mol. The van der Waals surface area contributed by atoms with Crippen LogP contribution >= 0.6 is 23.1 Å². The van der Waals surface area contributed by atoms with E-state index in [0.717, 1.165) is 10.1 Å². The zero-order valence-electron chi connectivity index (χ0n) is 10.9. The van der Waals surface area contributed by atoms with Gasteiger partial charge in [-0.15, -0.1) is 10.2 Å². The number of nitrogens with zero attached hydrogens (tertiary/aromatic N) is 2. The molecule has 0 spiro atoms. The van der Waals surface area contributed by atoms with Crippen LogP contribution in [0.1, 0.15) is 19.8 Å². The highest BCUT2D eigenvalue weighted by molar-refractivity contribution is 8.01. The number of anilines is 1. The minimum Gasteiger partial charge on any atom is -0.481 e. The first-order valence-electron chi connectivity index (χ1n) is 6.26. The quantitative estimate of drug-likeness (QED) is 0.492. The van der Waals surface area contributed by atoms with Crippen molar-refractivity contribution in [2.45, 2.75) is 24.1 Å². The second-order valence-corrected chi connectivity index (χ2v) is 6.78. The van der Waals surface area contributed by atoms with Crippen LogP contribution < -0.4 is 5.32 Å². The molecule has 0 aliphatic heterocycles. The van der Waals surface area contributed by atoms with Crippen molar-refractivity contribution in [1.29, 1.82) is 0 Å². The summed E-state index contributed by atoms with van der Waals surface area (Å²) in [4.78, 5) is 23.3. The Morgan fingerprint density at radius 2 is 2.10 bits per heavy atom. The number of carboxylic acids is 1. The molecule has 6 nitrogen and oxygen atoms in total. The smallest absolute Gasteiger partial charge is 0.307 e. The minimum absolute atomic E-state index is 0.300. The molecule has 0 saturated carbocycles. The van der Waals surface area contributed by atoms with Crippen molar-refractivity contribution in [3.8, 4) is 0 Å². The van der Waals surface area contributed by atoms with Crippen molar-refractivity contribution in [3.63, 3.8) is 0 Å². The maximum atomic E-state index is 12.2. The number of amides is 1. The molecule has 0 bridgehead atoms. The Hall–Kier alpha value is -1.41. The van der Waals surface area contributed by atoms with Gasteiger partial charge in [0.15, 0.2) is 4.34 Å². The first-order valence-corrected chi connectivity index (χ1v) is 8.07. The highest BCUT2D eigenvalue weighted by Crippen LogP contribution is 2.29. The van der Waals surface area contributed by atoms with Crippen molar-refractivity contribution < 1.29 is 14.7 Å². The number of hydrogen-bond acceptors (Lipinski definition) is 6. The summed E-state index contributed by atoms with van der Waals surface area (Å²) < 4.78 is 0.793. The molecular formula is C12H15N3O3S2. The fourth-order valence-corrected chi connectivity index (χ4v) is 3.67. The second-order valence-electron chi connectivity index (χ2n) is 4.29. The molecule has 1 heterocycles. The molecule has 8 heteroatoms. The number of carbonyl (C=O) groups is 2. The Balaban J connectivity index is 2.02. The van der Waals surface area contributed by atoms with E-state index in [1.54, 1.807) is 11.8 Å². The van der Waals surface area contributed by atoms with E-state index in [2.05, 4.69) is 15.5 Å². The summed E-state index contributed by atoms with van der Waals surface area (Å²) in [6.45, 7) is 2.01. The van der Waals surface area contributed by atoms with E-state index in [-0.39, 0.29) is 5.91 Å². The monoisotopic (exact) mass is 313 g/mol. The summed E-state index contributed by atoms with van der Waals surface area (Å²) in [5.74, 6) is -1.57. The highest BCUT2D eigenvalue weighted by atomic mass is 32.2. The number of thioether (sulfide) groups is 1. The van der Waals surface area contributed by atoms with Gasteiger partial charge in [-0.1, -0.05) is 42.2 Å².